The van der Waals surface area contributed by atoms with Gasteiger partial charge >= 0.3 is 6.29 Å². The first-order chi connectivity index (χ1) is 20.3. The summed E-state index contributed by atoms with van der Waals surface area (Å²) >= 11 is 0. The number of likely N-dealkylation sites (N-methyl/N-ethyl adjacent to an activating group) is 1. The van der Waals surface area contributed by atoms with Gasteiger partial charge in [-0.3, -0.25) is 14.6 Å². The lowest BCUT2D eigenvalue weighted by Crippen LogP contribution is -2.38. The summed E-state index contributed by atoms with van der Waals surface area (Å²) in [4.78, 5) is 32.8. The molecule has 0 atom stereocenters. The Hall–Kier alpha value is -4.54. The largest absolute Gasteiger partial charge is 0.586 e. The van der Waals surface area contributed by atoms with E-state index in [4.69, 9.17) is 4.74 Å². The van der Waals surface area contributed by atoms with E-state index in [1.807, 2.05) is 18.2 Å². The number of hydrogen-bond donors (Lipinski definition) is 0. The number of carbonyl (C=O) groups is 1. The van der Waals surface area contributed by atoms with E-state index in [2.05, 4.69) is 19.6 Å². The van der Waals surface area contributed by atoms with Gasteiger partial charge in [-0.1, -0.05) is 18.6 Å². The molecule has 3 heterocycles. The molecule has 0 bridgehead atoms. The first-order valence-corrected chi connectivity index (χ1v) is 14.1. The van der Waals surface area contributed by atoms with E-state index >= 15 is 0 Å². The van der Waals surface area contributed by atoms with Gasteiger partial charge in [0.15, 0.2) is 11.5 Å². The fourth-order valence-corrected chi connectivity index (χ4v) is 5.60. The fourth-order valence-electron chi connectivity index (χ4n) is 5.60. The van der Waals surface area contributed by atoms with E-state index in [0.29, 0.717) is 34.3 Å². The molecule has 4 aromatic rings. The zero-order valence-corrected chi connectivity index (χ0v) is 23.1. The van der Waals surface area contributed by atoms with E-state index in [-0.39, 0.29) is 30.7 Å². The van der Waals surface area contributed by atoms with Crippen LogP contribution in [0.25, 0.3) is 10.8 Å². The number of carbonyl (C=O) groups excluding carboxylic acids is 1. The molecule has 0 spiro atoms. The molecule has 1 aliphatic heterocycles. The molecule has 6 rings (SSSR count). The van der Waals surface area contributed by atoms with Crippen molar-refractivity contribution in [2.75, 3.05) is 11.4 Å². The second-order valence-electron chi connectivity index (χ2n) is 10.4. The third-order valence-corrected chi connectivity index (χ3v) is 7.56. The molecule has 9 nitrogen and oxygen atoms in total. The van der Waals surface area contributed by atoms with E-state index < -0.39 is 17.8 Å². The first-order valence-electron chi connectivity index (χ1n) is 14.1. The first kappa shape index (κ1) is 27.6. The van der Waals surface area contributed by atoms with Gasteiger partial charge in [0.2, 0.25) is 5.91 Å². The topological polar surface area (TPSA) is 95.8 Å². The van der Waals surface area contributed by atoms with Crippen LogP contribution in [0.5, 0.6) is 17.2 Å². The van der Waals surface area contributed by atoms with Crippen LogP contribution in [0.15, 0.2) is 65.7 Å². The van der Waals surface area contributed by atoms with Gasteiger partial charge in [-0.25, -0.2) is 4.68 Å². The molecule has 0 radical (unpaired) electrons. The number of fused-ring (bicyclic) bond motifs is 2. The summed E-state index contributed by atoms with van der Waals surface area (Å²) in [6.45, 7) is 1.61. The second kappa shape index (κ2) is 11.4. The molecule has 42 heavy (non-hydrogen) atoms. The lowest BCUT2D eigenvalue weighted by atomic mass is 9.97. The van der Waals surface area contributed by atoms with Crippen molar-refractivity contribution < 1.29 is 27.8 Å². The van der Waals surface area contributed by atoms with E-state index in [1.54, 1.807) is 31.5 Å². The maximum Gasteiger partial charge on any atom is 0.586 e. The average Bonchev–Trinajstić information content (AvgIpc) is 3.30. The molecule has 1 amide bonds. The summed E-state index contributed by atoms with van der Waals surface area (Å²) in [7, 11) is 0. The van der Waals surface area contributed by atoms with Gasteiger partial charge in [-0.05, 0) is 68.5 Å². The van der Waals surface area contributed by atoms with Gasteiger partial charge in [0, 0.05) is 37.1 Å². The molecule has 0 unspecified atom stereocenters. The zero-order chi connectivity index (χ0) is 29.3. The minimum absolute atomic E-state index is 0.0689. The summed E-state index contributed by atoms with van der Waals surface area (Å²) in [6.07, 6.45) is 5.40. The van der Waals surface area contributed by atoms with Crippen LogP contribution in [0.4, 0.5) is 14.5 Å². The average molecular weight is 577 g/mol. The Morgan fingerprint density at radius 1 is 1.10 bits per heavy atom. The summed E-state index contributed by atoms with van der Waals surface area (Å²) < 4.78 is 43.7. The molecule has 0 saturated heterocycles. The highest BCUT2D eigenvalue weighted by atomic mass is 19.3. The normalized spacial score (nSPS) is 16.0. The molecule has 1 aliphatic carbocycles. The molecule has 2 aliphatic rings. The van der Waals surface area contributed by atoms with E-state index in [0.717, 1.165) is 35.9 Å². The fraction of sp³-hybridized carbons (Fsp3) is 0.355. The molecule has 0 N–H and O–H groups in total. The highest BCUT2D eigenvalue weighted by Gasteiger charge is 2.43. The van der Waals surface area contributed by atoms with Crippen LogP contribution in [-0.2, 0) is 17.8 Å². The van der Waals surface area contributed by atoms with Gasteiger partial charge in [0.05, 0.1) is 22.6 Å². The van der Waals surface area contributed by atoms with Crippen molar-refractivity contribution in [1.29, 1.82) is 0 Å². The van der Waals surface area contributed by atoms with Crippen molar-refractivity contribution in [2.24, 2.45) is 0 Å². The lowest BCUT2D eigenvalue weighted by molar-refractivity contribution is -0.286. The molecule has 2 aromatic carbocycles. The quantitative estimate of drug-likeness (QED) is 0.275. The predicted molar refractivity (Wildman–Crippen MR) is 151 cm³/mol. The van der Waals surface area contributed by atoms with Gasteiger partial charge in [0.1, 0.15) is 12.3 Å². The minimum atomic E-state index is -3.77. The van der Waals surface area contributed by atoms with Crippen LogP contribution >= 0.6 is 0 Å². The highest BCUT2D eigenvalue weighted by molar-refractivity contribution is 5.94. The summed E-state index contributed by atoms with van der Waals surface area (Å²) in [5.41, 5.74) is 1.38. The number of alkyl halides is 2. The second-order valence-corrected chi connectivity index (χ2v) is 10.4. The van der Waals surface area contributed by atoms with Crippen molar-refractivity contribution in [2.45, 2.75) is 64.4 Å². The van der Waals surface area contributed by atoms with Crippen LogP contribution in [0, 0.1) is 0 Å². The molecular weight excluding hydrogens is 546 g/mol. The Morgan fingerprint density at radius 3 is 2.67 bits per heavy atom. The van der Waals surface area contributed by atoms with Crippen molar-refractivity contribution in [3.63, 3.8) is 0 Å². The minimum Gasteiger partial charge on any atom is -0.490 e. The van der Waals surface area contributed by atoms with E-state index in [9.17, 15) is 18.4 Å². The number of pyridine rings is 1. The smallest absolute Gasteiger partial charge is 0.490 e. The summed E-state index contributed by atoms with van der Waals surface area (Å²) in [5.74, 6) is -0.132. The molecule has 218 valence electrons. The highest BCUT2D eigenvalue weighted by Crippen LogP contribution is 2.43. The van der Waals surface area contributed by atoms with E-state index in [1.165, 1.54) is 29.5 Å². The number of benzene rings is 2. The van der Waals surface area contributed by atoms with Crippen LogP contribution in [0.1, 0.15) is 50.3 Å². The van der Waals surface area contributed by atoms with Gasteiger partial charge < -0.3 is 19.1 Å². The standard InChI is InChI=1S/C31H30F2N4O5/c1-2-36(21-13-14-25-27(17-21)42-31(32,33)41-25)28(38)19-37-30(39)23-11-6-12-26(40-22-9-4-3-5-10-22)29(23)24(35-37)16-20-8-7-15-34-18-20/h6-8,11-15,17-18,22H,2-5,9-10,16,19H2,1H3. The summed E-state index contributed by atoms with van der Waals surface area (Å²) in [5, 5.41) is 5.71. The van der Waals surface area contributed by atoms with Crippen LogP contribution in [0.3, 0.4) is 0 Å². The van der Waals surface area contributed by atoms with Gasteiger partial charge in [-0.15, -0.1) is 8.78 Å². The number of halogens is 2. The third kappa shape index (κ3) is 5.63. The van der Waals surface area contributed by atoms with Crippen molar-refractivity contribution in [3.8, 4) is 17.2 Å². The summed E-state index contributed by atoms with van der Waals surface area (Å²) in [6, 6.07) is 13.2. The number of aromatic nitrogens is 3. The Labute approximate surface area is 240 Å². The maximum absolute atomic E-state index is 13.7. The Morgan fingerprint density at radius 2 is 1.90 bits per heavy atom. The lowest BCUT2D eigenvalue weighted by Gasteiger charge is -2.24. The Balaban J connectivity index is 1.36. The monoisotopic (exact) mass is 576 g/mol. The number of amides is 1. The molecule has 1 fully saturated rings. The maximum atomic E-state index is 13.7. The zero-order valence-electron chi connectivity index (χ0n) is 23.1. The predicted octanol–water partition coefficient (Wildman–Crippen LogP) is 5.47. The Bertz CT molecular complexity index is 1670. The molecule has 11 heteroatoms. The molecule has 2 aromatic heterocycles. The molecule has 1 saturated carbocycles. The van der Waals surface area contributed by atoms with Gasteiger partial charge in [-0.2, -0.15) is 5.10 Å². The van der Waals surface area contributed by atoms with Crippen molar-refractivity contribution in [3.05, 3.63) is 82.5 Å². The SMILES string of the molecule is CCN(C(=O)Cn1nc(Cc2cccnc2)c2c(OC3CCCCC3)cccc2c1=O)c1ccc2c(c1)OC(F)(F)O2. The Kier molecular flexibility index (Phi) is 7.49. The molecular formula is C31H30F2N4O5. The van der Waals surface area contributed by atoms with Gasteiger partial charge in [0.25, 0.3) is 5.56 Å². The number of nitrogens with zero attached hydrogens (tertiary/aromatic N) is 4. The number of hydrogen-bond acceptors (Lipinski definition) is 7. The number of rotatable bonds is 8. The van der Waals surface area contributed by atoms with Crippen LogP contribution in [-0.4, -0.2) is 39.6 Å². The van der Waals surface area contributed by atoms with Crippen molar-refractivity contribution >= 4 is 22.4 Å². The number of ether oxygens (including phenoxy) is 3. The third-order valence-electron chi connectivity index (χ3n) is 7.56. The number of anilines is 1. The van der Waals surface area contributed by atoms with Crippen LogP contribution < -0.4 is 24.7 Å². The van der Waals surface area contributed by atoms with Crippen molar-refractivity contribution in [1.82, 2.24) is 14.8 Å². The van der Waals surface area contributed by atoms with Crippen LogP contribution in [0.2, 0.25) is 0 Å².